The zero-order valence-electron chi connectivity index (χ0n) is 9.57. The Balaban J connectivity index is 2.76. The molecule has 0 aromatic carbocycles. The van der Waals surface area contributed by atoms with E-state index in [1.54, 1.807) is 0 Å². The van der Waals surface area contributed by atoms with Gasteiger partial charge in [-0.2, -0.15) is 0 Å². The molecular formula is C15H20. The number of hydrogen-bond donors (Lipinski definition) is 0. The van der Waals surface area contributed by atoms with Crippen LogP contribution in [0.1, 0.15) is 32.1 Å². The zero-order chi connectivity index (χ0) is 11.4. The summed E-state index contributed by atoms with van der Waals surface area (Å²) >= 11 is 0. The van der Waals surface area contributed by atoms with Crippen molar-refractivity contribution in [3.8, 4) is 0 Å². The third kappa shape index (κ3) is 3.39. The second-order valence-corrected chi connectivity index (χ2v) is 4.34. The van der Waals surface area contributed by atoms with Gasteiger partial charge in [0, 0.05) is 0 Å². The highest BCUT2D eigenvalue weighted by Crippen LogP contribution is 2.28. The molecule has 0 aromatic rings. The van der Waals surface area contributed by atoms with Crippen molar-refractivity contribution in [1.29, 1.82) is 0 Å². The zero-order valence-corrected chi connectivity index (χ0v) is 9.57. The smallest absolute Gasteiger partial charge is 0.00730 e. The molecule has 0 spiro atoms. The van der Waals surface area contributed by atoms with Gasteiger partial charge in [-0.1, -0.05) is 55.2 Å². The van der Waals surface area contributed by atoms with Crippen LogP contribution in [0.4, 0.5) is 0 Å². The standard InChI is InChI=1S/C15H20/c1-11-6-7-12(2)13(3)8-9-14(4)15(5)10-11/h1-10H2. The van der Waals surface area contributed by atoms with Gasteiger partial charge in [0.2, 0.25) is 0 Å². The van der Waals surface area contributed by atoms with Gasteiger partial charge in [-0.3, -0.25) is 0 Å². The van der Waals surface area contributed by atoms with E-state index in [0.717, 1.165) is 54.4 Å². The van der Waals surface area contributed by atoms with E-state index in [-0.39, 0.29) is 0 Å². The Kier molecular flexibility index (Phi) is 3.90. The quantitative estimate of drug-likeness (QED) is 0.496. The van der Waals surface area contributed by atoms with Crippen LogP contribution in [0.3, 0.4) is 0 Å². The summed E-state index contributed by atoms with van der Waals surface area (Å²) in [5.74, 6) is 0. The minimum Gasteiger partial charge on any atom is -0.0995 e. The summed E-state index contributed by atoms with van der Waals surface area (Å²) in [6.07, 6.45) is 4.77. The lowest BCUT2D eigenvalue weighted by Gasteiger charge is -2.17. The molecule has 0 bridgehead atoms. The van der Waals surface area contributed by atoms with Gasteiger partial charge >= 0.3 is 0 Å². The van der Waals surface area contributed by atoms with Crippen molar-refractivity contribution < 1.29 is 0 Å². The Labute approximate surface area is 93.4 Å². The highest BCUT2D eigenvalue weighted by Gasteiger charge is 2.09. The van der Waals surface area contributed by atoms with Gasteiger partial charge in [0.25, 0.3) is 0 Å². The second-order valence-electron chi connectivity index (χ2n) is 4.34. The summed E-state index contributed by atoms with van der Waals surface area (Å²) in [6.45, 7) is 20.3. The lowest BCUT2D eigenvalue weighted by atomic mass is 9.89. The van der Waals surface area contributed by atoms with Gasteiger partial charge in [-0.05, 0) is 37.7 Å². The van der Waals surface area contributed by atoms with Gasteiger partial charge in [0.15, 0.2) is 0 Å². The Bertz CT molecular complexity index is 339. The molecular weight excluding hydrogens is 180 g/mol. The molecule has 15 heavy (non-hydrogen) atoms. The number of hydrogen-bond acceptors (Lipinski definition) is 0. The first-order chi connectivity index (χ1) is 7.00. The maximum absolute atomic E-state index is 4.06. The molecule has 0 unspecified atom stereocenters. The summed E-state index contributed by atoms with van der Waals surface area (Å²) < 4.78 is 0. The molecule has 0 saturated heterocycles. The van der Waals surface area contributed by atoms with Crippen LogP contribution in [0.25, 0.3) is 0 Å². The summed E-state index contributed by atoms with van der Waals surface area (Å²) in [4.78, 5) is 0. The second kappa shape index (κ2) is 4.97. The van der Waals surface area contributed by atoms with Crippen LogP contribution in [-0.4, -0.2) is 0 Å². The largest absolute Gasteiger partial charge is 0.0995 e. The van der Waals surface area contributed by atoms with Gasteiger partial charge in [0.1, 0.15) is 0 Å². The molecule has 0 amide bonds. The summed E-state index contributed by atoms with van der Waals surface area (Å²) in [6, 6.07) is 0. The van der Waals surface area contributed by atoms with Gasteiger partial charge in [-0.25, -0.2) is 0 Å². The van der Waals surface area contributed by atoms with Gasteiger partial charge in [-0.15, -0.1) is 0 Å². The van der Waals surface area contributed by atoms with Crippen molar-refractivity contribution >= 4 is 0 Å². The summed E-state index contributed by atoms with van der Waals surface area (Å²) in [7, 11) is 0. The van der Waals surface area contributed by atoms with E-state index >= 15 is 0 Å². The maximum atomic E-state index is 4.06. The molecule has 1 fully saturated rings. The average molecular weight is 200 g/mol. The first-order valence-electron chi connectivity index (χ1n) is 5.39. The van der Waals surface area contributed by atoms with Crippen molar-refractivity contribution in [1.82, 2.24) is 0 Å². The molecule has 0 aliphatic heterocycles. The third-order valence-electron chi connectivity index (χ3n) is 2.97. The van der Waals surface area contributed by atoms with Crippen molar-refractivity contribution in [3.05, 3.63) is 60.8 Å². The molecule has 1 rings (SSSR count). The lowest BCUT2D eigenvalue weighted by molar-refractivity contribution is 0.836. The molecule has 1 aliphatic carbocycles. The fourth-order valence-electron chi connectivity index (χ4n) is 1.67. The van der Waals surface area contributed by atoms with Crippen molar-refractivity contribution in [2.45, 2.75) is 32.1 Å². The average Bonchev–Trinajstić information content (AvgIpc) is 2.20. The van der Waals surface area contributed by atoms with Crippen LogP contribution in [0, 0.1) is 0 Å². The van der Waals surface area contributed by atoms with Crippen molar-refractivity contribution in [2.75, 3.05) is 0 Å². The third-order valence-corrected chi connectivity index (χ3v) is 2.97. The molecule has 0 atom stereocenters. The summed E-state index contributed by atoms with van der Waals surface area (Å²) in [5, 5.41) is 0. The fraction of sp³-hybridized carbons (Fsp3) is 0.333. The minimum atomic E-state index is 0.887. The normalized spacial score (nSPS) is 20.7. The van der Waals surface area contributed by atoms with Crippen LogP contribution < -0.4 is 0 Å². The van der Waals surface area contributed by atoms with E-state index < -0.39 is 0 Å². The summed E-state index contributed by atoms with van der Waals surface area (Å²) in [5.41, 5.74) is 5.79. The molecule has 1 saturated carbocycles. The molecule has 1 aliphatic rings. The minimum absolute atomic E-state index is 0.887. The predicted molar refractivity (Wildman–Crippen MR) is 68.8 cm³/mol. The van der Waals surface area contributed by atoms with E-state index in [9.17, 15) is 0 Å². The topological polar surface area (TPSA) is 0 Å². The molecule has 0 N–H and O–H groups in total. The fourth-order valence-corrected chi connectivity index (χ4v) is 1.67. The monoisotopic (exact) mass is 200 g/mol. The van der Waals surface area contributed by atoms with Gasteiger partial charge in [0.05, 0.1) is 0 Å². The molecule has 0 radical (unpaired) electrons. The van der Waals surface area contributed by atoms with Crippen LogP contribution in [0.2, 0.25) is 0 Å². The van der Waals surface area contributed by atoms with Crippen LogP contribution in [0.15, 0.2) is 60.8 Å². The Hall–Kier alpha value is -1.30. The Morgan fingerprint density at radius 1 is 0.533 bits per heavy atom. The maximum Gasteiger partial charge on any atom is -0.00730 e. The first-order valence-corrected chi connectivity index (χ1v) is 5.39. The highest BCUT2D eigenvalue weighted by atomic mass is 14.1. The molecule has 80 valence electrons. The van der Waals surface area contributed by atoms with Crippen LogP contribution in [0.5, 0.6) is 0 Å². The SMILES string of the molecule is C=C1CCC(=C)C(=C)CCC(=C)C(=C)C1. The molecule has 0 heterocycles. The van der Waals surface area contributed by atoms with Crippen LogP contribution >= 0.6 is 0 Å². The van der Waals surface area contributed by atoms with Crippen molar-refractivity contribution in [2.24, 2.45) is 0 Å². The van der Waals surface area contributed by atoms with Crippen LogP contribution in [-0.2, 0) is 0 Å². The van der Waals surface area contributed by atoms with E-state index in [1.807, 2.05) is 0 Å². The van der Waals surface area contributed by atoms with E-state index in [0.29, 0.717) is 0 Å². The number of allylic oxidation sites excluding steroid dienone is 5. The van der Waals surface area contributed by atoms with Crippen molar-refractivity contribution in [3.63, 3.8) is 0 Å². The highest BCUT2D eigenvalue weighted by molar-refractivity contribution is 5.34. The van der Waals surface area contributed by atoms with Gasteiger partial charge < -0.3 is 0 Å². The van der Waals surface area contributed by atoms with E-state index in [2.05, 4.69) is 32.9 Å². The lowest BCUT2D eigenvalue weighted by Crippen LogP contribution is -1.97. The first kappa shape index (κ1) is 11.8. The predicted octanol–water partition coefficient (Wildman–Crippen LogP) is 4.73. The Morgan fingerprint density at radius 2 is 0.933 bits per heavy atom. The number of rotatable bonds is 0. The molecule has 0 nitrogen and oxygen atoms in total. The Morgan fingerprint density at radius 3 is 1.47 bits per heavy atom. The van der Waals surface area contributed by atoms with E-state index in [4.69, 9.17) is 0 Å². The molecule has 0 aromatic heterocycles. The molecule has 0 heteroatoms. The van der Waals surface area contributed by atoms with E-state index in [1.165, 1.54) is 5.57 Å².